The standard InChI is InChI=1S/C38H42N2O6/c1-39-15-13-25-20-32(42-4)34-22-28(25)29(39)17-23-7-10-27(11-8-23)45-33-19-24(9-12-31(33)41-3)18-30-36-26(14-16-40(30)2)21-35(43-5)37(44-6)38(36)46-34/h7-12,19-22,29-30H,13-18H2,1-6H3/t29-,30+/m0/s1/i3D3. The first kappa shape index (κ1) is 26.8. The fourth-order valence-electron chi connectivity index (χ4n) is 7.19. The van der Waals surface area contributed by atoms with Crippen LogP contribution in [0.2, 0.25) is 0 Å². The van der Waals surface area contributed by atoms with Crippen molar-refractivity contribution in [3.63, 3.8) is 0 Å². The van der Waals surface area contributed by atoms with Crippen LogP contribution in [0.5, 0.6) is 46.0 Å². The minimum absolute atomic E-state index is 0.0960. The fraction of sp³-hybridized carbons (Fsp3) is 0.368. The molecule has 0 spiro atoms. The van der Waals surface area contributed by atoms with Crippen LogP contribution in [0.1, 0.15) is 49.6 Å². The van der Waals surface area contributed by atoms with Gasteiger partial charge in [-0.3, -0.25) is 9.80 Å². The molecule has 4 aliphatic heterocycles. The van der Waals surface area contributed by atoms with E-state index in [1.165, 1.54) is 11.1 Å². The summed E-state index contributed by atoms with van der Waals surface area (Å²) in [6, 6.07) is 19.7. The van der Waals surface area contributed by atoms with E-state index in [0.717, 1.165) is 54.6 Å². The second-order valence-electron chi connectivity index (χ2n) is 12.3. The molecule has 4 aromatic carbocycles. The number of hydrogen-bond acceptors (Lipinski definition) is 8. The van der Waals surface area contributed by atoms with E-state index < -0.39 is 7.04 Å². The molecule has 6 bridgehead atoms. The molecular weight excluding hydrogens is 580 g/mol. The van der Waals surface area contributed by atoms with E-state index in [4.69, 9.17) is 32.5 Å². The lowest BCUT2D eigenvalue weighted by Crippen LogP contribution is -2.34. The molecule has 0 aliphatic carbocycles. The Labute approximate surface area is 275 Å². The summed E-state index contributed by atoms with van der Waals surface area (Å²) < 4.78 is 59.9. The molecule has 0 saturated carbocycles. The van der Waals surface area contributed by atoms with Gasteiger partial charge in [-0.2, -0.15) is 0 Å². The lowest BCUT2D eigenvalue weighted by atomic mass is 9.87. The third-order valence-electron chi connectivity index (χ3n) is 9.74. The number of hydrogen-bond donors (Lipinski definition) is 0. The molecular formula is C38H42N2O6. The highest BCUT2D eigenvalue weighted by Crippen LogP contribution is 2.52. The van der Waals surface area contributed by atoms with Crippen LogP contribution >= 0.6 is 0 Å². The van der Waals surface area contributed by atoms with Crippen molar-refractivity contribution in [3.8, 4) is 46.0 Å². The first-order chi connectivity index (χ1) is 23.5. The zero-order valence-electron chi connectivity index (χ0n) is 30.0. The molecule has 8 nitrogen and oxygen atoms in total. The Balaban J connectivity index is 1.45. The van der Waals surface area contributed by atoms with Crippen LogP contribution in [0.3, 0.4) is 0 Å². The van der Waals surface area contributed by atoms with Gasteiger partial charge in [0.25, 0.3) is 0 Å². The van der Waals surface area contributed by atoms with Gasteiger partial charge in [-0.15, -0.1) is 0 Å². The largest absolute Gasteiger partial charge is 0.493 e. The van der Waals surface area contributed by atoms with Crippen LogP contribution in [-0.2, 0) is 25.7 Å². The number of nitrogens with zero attached hydrogens (tertiary/aromatic N) is 2. The Kier molecular flexibility index (Phi) is 7.23. The minimum Gasteiger partial charge on any atom is -0.493 e. The molecule has 46 heavy (non-hydrogen) atoms. The summed E-state index contributed by atoms with van der Waals surface area (Å²) in [5, 5.41) is 0. The number of likely N-dealkylation sites (N-methyl/N-ethyl adjacent to an activating group) is 2. The number of ether oxygens (including phenoxy) is 6. The lowest BCUT2D eigenvalue weighted by Gasteiger charge is -2.37. The Morgan fingerprint density at radius 3 is 2.09 bits per heavy atom. The predicted molar refractivity (Wildman–Crippen MR) is 178 cm³/mol. The molecule has 0 fully saturated rings. The van der Waals surface area contributed by atoms with Gasteiger partial charge < -0.3 is 28.4 Å². The van der Waals surface area contributed by atoms with Crippen molar-refractivity contribution >= 4 is 0 Å². The zero-order chi connectivity index (χ0) is 34.4. The van der Waals surface area contributed by atoms with Crippen molar-refractivity contribution in [2.45, 2.75) is 37.8 Å². The van der Waals surface area contributed by atoms with E-state index in [-0.39, 0.29) is 17.8 Å². The number of rotatable bonds is 4. The average Bonchev–Trinajstić information content (AvgIpc) is 3.07. The molecule has 4 aliphatic rings. The van der Waals surface area contributed by atoms with Crippen LogP contribution in [-0.4, -0.2) is 65.4 Å². The third kappa shape index (κ3) is 5.39. The van der Waals surface area contributed by atoms with Gasteiger partial charge in [0.2, 0.25) is 5.75 Å². The summed E-state index contributed by atoms with van der Waals surface area (Å²) in [7, 11) is 6.57. The third-order valence-corrected chi connectivity index (χ3v) is 9.74. The monoisotopic (exact) mass is 625 g/mol. The van der Waals surface area contributed by atoms with E-state index in [1.54, 1.807) is 27.4 Å². The molecule has 0 aromatic heterocycles. The highest BCUT2D eigenvalue weighted by molar-refractivity contribution is 5.64. The summed E-state index contributed by atoms with van der Waals surface area (Å²) in [5.41, 5.74) is 6.61. The first-order valence-corrected chi connectivity index (χ1v) is 15.7. The van der Waals surface area contributed by atoms with Gasteiger partial charge in [-0.05, 0) is 110 Å². The molecule has 240 valence electrons. The molecule has 0 N–H and O–H groups in total. The molecule has 4 aromatic rings. The average molecular weight is 626 g/mol. The molecule has 0 saturated heterocycles. The quantitative estimate of drug-likeness (QED) is 0.237. The Bertz CT molecular complexity index is 1860. The predicted octanol–water partition coefficient (Wildman–Crippen LogP) is 7.16. The van der Waals surface area contributed by atoms with Crippen LogP contribution in [0.4, 0.5) is 0 Å². The number of fused-ring (bicyclic) bond motifs is 2. The molecule has 2 atom stereocenters. The van der Waals surface area contributed by atoms with Gasteiger partial charge in [0.05, 0.1) is 32.5 Å². The lowest BCUT2D eigenvalue weighted by molar-refractivity contribution is 0.220. The van der Waals surface area contributed by atoms with E-state index in [1.807, 2.05) is 30.3 Å². The van der Waals surface area contributed by atoms with Crippen molar-refractivity contribution in [1.82, 2.24) is 9.80 Å². The van der Waals surface area contributed by atoms with E-state index >= 15 is 0 Å². The SMILES string of the molecule is [2H]C([2H])([2H])Oc1ccc2cc1Oc1ccc(cc1)C[C@H]1c3cc(c(OC)cc3CCN1C)Oc1c(OC)c(OC)cc3c1[C@@H](C2)N(C)CC3. The topological polar surface area (TPSA) is 61.9 Å². The number of methoxy groups -OCH3 is 4. The van der Waals surface area contributed by atoms with Gasteiger partial charge in [-0.25, -0.2) is 0 Å². The van der Waals surface area contributed by atoms with Crippen molar-refractivity contribution in [2.24, 2.45) is 0 Å². The van der Waals surface area contributed by atoms with Crippen molar-refractivity contribution in [1.29, 1.82) is 0 Å². The summed E-state index contributed by atoms with van der Waals surface area (Å²) in [4.78, 5) is 4.69. The van der Waals surface area contributed by atoms with Crippen molar-refractivity contribution in [2.75, 3.05) is 55.6 Å². The fourth-order valence-corrected chi connectivity index (χ4v) is 7.19. The van der Waals surface area contributed by atoms with Crippen LogP contribution in [0.25, 0.3) is 0 Å². The summed E-state index contributed by atoms with van der Waals surface area (Å²) in [5.74, 6) is 4.04. The highest BCUT2D eigenvalue weighted by Gasteiger charge is 2.34. The van der Waals surface area contributed by atoms with Gasteiger partial charge in [0.1, 0.15) is 5.75 Å². The smallest absolute Gasteiger partial charge is 0.204 e. The summed E-state index contributed by atoms with van der Waals surface area (Å²) in [6.07, 6.45) is 3.04. The molecule has 4 heterocycles. The highest BCUT2D eigenvalue weighted by atomic mass is 16.5. The minimum atomic E-state index is -2.64. The molecule has 8 heteroatoms. The maximum Gasteiger partial charge on any atom is 0.204 e. The summed E-state index contributed by atoms with van der Waals surface area (Å²) >= 11 is 0. The molecule has 0 amide bonds. The van der Waals surface area contributed by atoms with Crippen LogP contribution < -0.4 is 28.4 Å². The van der Waals surface area contributed by atoms with E-state index in [0.29, 0.717) is 46.7 Å². The Hall–Kier alpha value is -4.40. The van der Waals surface area contributed by atoms with Crippen molar-refractivity contribution in [3.05, 3.63) is 94.0 Å². The van der Waals surface area contributed by atoms with E-state index in [2.05, 4.69) is 48.2 Å². The van der Waals surface area contributed by atoms with Gasteiger partial charge >= 0.3 is 0 Å². The molecule has 8 rings (SSSR count). The Morgan fingerprint density at radius 1 is 0.674 bits per heavy atom. The second kappa shape index (κ2) is 12.4. The zero-order valence-corrected chi connectivity index (χ0v) is 27.0. The Morgan fingerprint density at radius 2 is 1.35 bits per heavy atom. The second-order valence-corrected chi connectivity index (χ2v) is 12.3. The maximum atomic E-state index is 7.77. The molecule has 0 unspecified atom stereocenters. The van der Waals surface area contributed by atoms with Crippen molar-refractivity contribution < 1.29 is 32.5 Å². The first-order valence-electron chi connectivity index (χ1n) is 17.2. The molecule has 0 radical (unpaired) electrons. The van der Waals surface area contributed by atoms with Gasteiger partial charge in [0, 0.05) is 30.7 Å². The number of benzene rings is 4. The summed E-state index contributed by atoms with van der Waals surface area (Å²) in [6.45, 7) is 1.73. The normalized spacial score (nSPS) is 20.4. The van der Waals surface area contributed by atoms with Crippen LogP contribution in [0, 0.1) is 0 Å². The maximum absolute atomic E-state index is 7.77. The van der Waals surface area contributed by atoms with Gasteiger partial charge in [0.15, 0.2) is 34.5 Å². The van der Waals surface area contributed by atoms with Crippen LogP contribution in [0.15, 0.2) is 60.7 Å². The van der Waals surface area contributed by atoms with Gasteiger partial charge in [-0.1, -0.05) is 18.2 Å². The van der Waals surface area contributed by atoms with E-state index in [9.17, 15) is 0 Å².